The van der Waals surface area contributed by atoms with Crippen LogP contribution in [-0.2, 0) is 13.1 Å². The lowest BCUT2D eigenvalue weighted by Gasteiger charge is -2.34. The lowest BCUT2D eigenvalue weighted by molar-refractivity contribution is 0.0644. The molecule has 0 fully saturated rings. The minimum atomic E-state index is 0.0502. The van der Waals surface area contributed by atoms with Gasteiger partial charge >= 0.3 is 0 Å². The molecule has 5 nitrogen and oxygen atoms in total. The third kappa shape index (κ3) is 2.62. The van der Waals surface area contributed by atoms with Crippen LogP contribution in [0.4, 0.5) is 0 Å². The second kappa shape index (κ2) is 6.00. The molecule has 122 valence electrons. The van der Waals surface area contributed by atoms with E-state index in [1.807, 2.05) is 40.0 Å². The Bertz CT molecular complexity index is 849. The summed E-state index contributed by atoms with van der Waals surface area (Å²) in [6, 6.07) is 14.3. The summed E-state index contributed by atoms with van der Waals surface area (Å²) in [5, 5.41) is 4.35. The summed E-state index contributed by atoms with van der Waals surface area (Å²) in [7, 11) is 0. The fourth-order valence-electron chi connectivity index (χ4n) is 3.35. The molecule has 1 amide bonds. The Balaban J connectivity index is 1.51. The zero-order chi connectivity index (χ0) is 16.5. The van der Waals surface area contributed by atoms with E-state index >= 15 is 0 Å². The van der Waals surface area contributed by atoms with E-state index in [-0.39, 0.29) is 11.9 Å². The Kier molecular flexibility index (Phi) is 3.69. The molecule has 0 bridgehead atoms. The molecule has 0 N–H and O–H groups in total. The van der Waals surface area contributed by atoms with Crippen LogP contribution in [0.15, 0.2) is 61.1 Å². The van der Waals surface area contributed by atoms with E-state index in [0.29, 0.717) is 12.1 Å². The van der Waals surface area contributed by atoms with Crippen molar-refractivity contribution in [2.75, 3.05) is 6.54 Å². The van der Waals surface area contributed by atoms with Gasteiger partial charge in [-0.2, -0.15) is 5.10 Å². The number of fused-ring (bicyclic) bond motifs is 1. The van der Waals surface area contributed by atoms with Crippen molar-refractivity contribution in [3.8, 4) is 0 Å². The lowest BCUT2D eigenvalue weighted by Crippen LogP contribution is -2.40. The molecule has 0 saturated heterocycles. The highest BCUT2D eigenvalue weighted by molar-refractivity contribution is 5.94. The highest BCUT2D eigenvalue weighted by atomic mass is 16.2. The van der Waals surface area contributed by atoms with Gasteiger partial charge in [0.2, 0.25) is 0 Å². The average molecular weight is 320 g/mol. The molecule has 24 heavy (non-hydrogen) atoms. The molecule has 0 aliphatic carbocycles. The van der Waals surface area contributed by atoms with Crippen molar-refractivity contribution in [2.24, 2.45) is 0 Å². The minimum absolute atomic E-state index is 0.0502. The second-order valence-electron chi connectivity index (χ2n) is 6.21. The lowest BCUT2D eigenvalue weighted by atomic mass is 10.1. The predicted octanol–water partition coefficient (Wildman–Crippen LogP) is 2.95. The summed E-state index contributed by atoms with van der Waals surface area (Å²) >= 11 is 0. The number of carbonyl (C=O) groups is 1. The molecular formula is C19H20N4O. The van der Waals surface area contributed by atoms with Gasteiger partial charge in [0.15, 0.2) is 0 Å². The largest absolute Gasteiger partial charge is 0.348 e. The molecule has 5 heteroatoms. The first-order valence-corrected chi connectivity index (χ1v) is 8.25. The topological polar surface area (TPSA) is 43.1 Å². The number of hydrogen-bond donors (Lipinski definition) is 0. The SMILES string of the molecule is C[C@@H]1c2cccn2CCN1C(=O)c1cnn(Cc2ccccc2)c1. The maximum absolute atomic E-state index is 12.9. The summed E-state index contributed by atoms with van der Waals surface area (Å²) in [5.41, 5.74) is 3.01. The summed E-state index contributed by atoms with van der Waals surface area (Å²) in [5.74, 6) is 0.0502. The Labute approximate surface area is 141 Å². The van der Waals surface area contributed by atoms with Crippen LogP contribution < -0.4 is 0 Å². The number of benzene rings is 1. The predicted molar refractivity (Wildman–Crippen MR) is 91.7 cm³/mol. The van der Waals surface area contributed by atoms with E-state index in [1.165, 1.54) is 11.3 Å². The van der Waals surface area contributed by atoms with E-state index in [1.54, 1.807) is 6.20 Å². The first kappa shape index (κ1) is 14.8. The van der Waals surface area contributed by atoms with Crippen LogP contribution in [0.1, 0.15) is 34.6 Å². The molecule has 0 spiro atoms. The van der Waals surface area contributed by atoms with Crippen LogP contribution in [-0.4, -0.2) is 31.7 Å². The molecule has 3 aromatic rings. The van der Waals surface area contributed by atoms with E-state index < -0.39 is 0 Å². The number of nitrogens with zero attached hydrogens (tertiary/aromatic N) is 4. The highest BCUT2D eigenvalue weighted by Gasteiger charge is 2.28. The van der Waals surface area contributed by atoms with Crippen LogP contribution in [0.3, 0.4) is 0 Å². The first-order valence-electron chi connectivity index (χ1n) is 8.25. The third-order valence-corrected chi connectivity index (χ3v) is 4.67. The second-order valence-corrected chi connectivity index (χ2v) is 6.21. The van der Waals surface area contributed by atoms with Crippen LogP contribution in [0.5, 0.6) is 0 Å². The van der Waals surface area contributed by atoms with Crippen molar-refractivity contribution in [2.45, 2.75) is 26.1 Å². The molecule has 0 saturated carbocycles. The van der Waals surface area contributed by atoms with Crippen LogP contribution >= 0.6 is 0 Å². The van der Waals surface area contributed by atoms with E-state index in [0.717, 1.165) is 13.1 Å². The van der Waals surface area contributed by atoms with Crippen molar-refractivity contribution in [3.05, 3.63) is 77.9 Å². The molecule has 0 radical (unpaired) electrons. The van der Waals surface area contributed by atoms with Gasteiger partial charge in [-0.1, -0.05) is 30.3 Å². The van der Waals surface area contributed by atoms with Gasteiger partial charge in [-0.25, -0.2) is 0 Å². The maximum atomic E-state index is 12.9. The van der Waals surface area contributed by atoms with Crippen molar-refractivity contribution in [1.82, 2.24) is 19.2 Å². The molecule has 4 rings (SSSR count). The van der Waals surface area contributed by atoms with Gasteiger partial charge in [-0.3, -0.25) is 9.48 Å². The van der Waals surface area contributed by atoms with Crippen molar-refractivity contribution < 1.29 is 4.79 Å². The Morgan fingerprint density at radius 3 is 2.83 bits per heavy atom. The quantitative estimate of drug-likeness (QED) is 0.744. The molecule has 1 atom stereocenters. The molecule has 1 aliphatic heterocycles. The molecule has 3 heterocycles. The number of amides is 1. The molecule has 0 unspecified atom stereocenters. The standard InChI is InChI=1S/C19H20N4O/c1-15-18-8-5-9-21(18)10-11-23(15)19(24)17-12-20-22(14-17)13-16-6-3-2-4-7-16/h2-9,12,14-15H,10-11,13H2,1H3/t15-/m1/s1. The van der Waals surface area contributed by atoms with Crippen LogP contribution in [0.2, 0.25) is 0 Å². The van der Waals surface area contributed by atoms with E-state index in [4.69, 9.17) is 0 Å². The zero-order valence-corrected chi connectivity index (χ0v) is 13.7. The summed E-state index contributed by atoms with van der Waals surface area (Å²) in [4.78, 5) is 14.8. The zero-order valence-electron chi connectivity index (χ0n) is 13.7. The molecule has 1 aromatic carbocycles. The van der Waals surface area contributed by atoms with Crippen LogP contribution in [0, 0.1) is 0 Å². The van der Waals surface area contributed by atoms with Gasteiger partial charge < -0.3 is 9.47 Å². The van der Waals surface area contributed by atoms with Gasteiger partial charge in [-0.05, 0) is 24.6 Å². The maximum Gasteiger partial charge on any atom is 0.257 e. The fourth-order valence-corrected chi connectivity index (χ4v) is 3.35. The summed E-state index contributed by atoms with van der Waals surface area (Å²) < 4.78 is 4.03. The van der Waals surface area contributed by atoms with Gasteiger partial charge in [0.05, 0.1) is 24.3 Å². The summed E-state index contributed by atoms with van der Waals surface area (Å²) in [6.07, 6.45) is 5.59. The Morgan fingerprint density at radius 1 is 1.17 bits per heavy atom. The number of aromatic nitrogens is 3. The van der Waals surface area contributed by atoms with Gasteiger partial charge in [0.25, 0.3) is 5.91 Å². The fraction of sp³-hybridized carbons (Fsp3) is 0.263. The molecule has 1 aliphatic rings. The Morgan fingerprint density at radius 2 is 2.00 bits per heavy atom. The molecular weight excluding hydrogens is 300 g/mol. The number of carbonyl (C=O) groups excluding carboxylic acids is 1. The number of hydrogen-bond acceptors (Lipinski definition) is 2. The molecule has 2 aromatic heterocycles. The average Bonchev–Trinajstić information content (AvgIpc) is 3.25. The summed E-state index contributed by atoms with van der Waals surface area (Å²) in [6.45, 7) is 4.33. The normalized spacial score (nSPS) is 16.9. The van der Waals surface area contributed by atoms with Gasteiger partial charge in [-0.15, -0.1) is 0 Å². The van der Waals surface area contributed by atoms with Crippen LogP contribution in [0.25, 0.3) is 0 Å². The Hall–Kier alpha value is -2.82. The minimum Gasteiger partial charge on any atom is -0.348 e. The van der Waals surface area contributed by atoms with Gasteiger partial charge in [0, 0.05) is 31.2 Å². The van der Waals surface area contributed by atoms with Gasteiger partial charge in [0.1, 0.15) is 0 Å². The first-order chi connectivity index (χ1) is 11.7. The number of rotatable bonds is 3. The smallest absolute Gasteiger partial charge is 0.257 e. The van der Waals surface area contributed by atoms with E-state index in [2.05, 4.69) is 41.0 Å². The van der Waals surface area contributed by atoms with E-state index in [9.17, 15) is 4.79 Å². The monoisotopic (exact) mass is 320 g/mol. The van der Waals surface area contributed by atoms with Crippen molar-refractivity contribution in [1.29, 1.82) is 0 Å². The highest BCUT2D eigenvalue weighted by Crippen LogP contribution is 2.26. The third-order valence-electron chi connectivity index (χ3n) is 4.67. The van der Waals surface area contributed by atoms with Crippen molar-refractivity contribution >= 4 is 5.91 Å². The van der Waals surface area contributed by atoms with Crippen molar-refractivity contribution in [3.63, 3.8) is 0 Å².